The molecule has 112 valence electrons. The van der Waals surface area contributed by atoms with Crippen molar-refractivity contribution in [2.75, 3.05) is 18.0 Å². The molecule has 2 rings (SSSR count). The molecule has 1 saturated carbocycles. The van der Waals surface area contributed by atoms with E-state index in [9.17, 15) is 13.2 Å². The van der Waals surface area contributed by atoms with E-state index in [0.717, 1.165) is 18.4 Å². The number of pyridine rings is 1. The van der Waals surface area contributed by atoms with Gasteiger partial charge in [0.15, 0.2) is 0 Å². The van der Waals surface area contributed by atoms with Crippen LogP contribution in [0.2, 0.25) is 0 Å². The summed E-state index contributed by atoms with van der Waals surface area (Å²) in [7, 11) is 0. The summed E-state index contributed by atoms with van der Waals surface area (Å²) in [5.74, 6) is 0. The number of hydrogen-bond acceptors (Lipinski definition) is 3. The van der Waals surface area contributed by atoms with Crippen molar-refractivity contribution in [2.24, 2.45) is 0 Å². The van der Waals surface area contributed by atoms with Crippen LogP contribution in [0.3, 0.4) is 0 Å². The average Bonchev–Trinajstić information content (AvgIpc) is 3.19. The van der Waals surface area contributed by atoms with Crippen molar-refractivity contribution in [3.63, 3.8) is 0 Å². The van der Waals surface area contributed by atoms with Gasteiger partial charge in [-0.15, -0.1) is 0 Å². The number of alkyl halides is 3. The third-order valence-electron chi connectivity index (χ3n) is 3.25. The van der Waals surface area contributed by atoms with E-state index in [2.05, 4.69) is 10.3 Å². The van der Waals surface area contributed by atoms with Crippen molar-refractivity contribution >= 4 is 5.69 Å². The minimum absolute atomic E-state index is 0.377. The molecule has 0 atom stereocenters. The molecule has 1 aliphatic rings. The molecule has 1 heterocycles. The van der Waals surface area contributed by atoms with Crippen molar-refractivity contribution in [1.82, 2.24) is 10.3 Å². The van der Waals surface area contributed by atoms with Gasteiger partial charge in [-0.05, 0) is 30.9 Å². The number of anilines is 1. The molecule has 3 nitrogen and oxygen atoms in total. The van der Waals surface area contributed by atoms with E-state index in [4.69, 9.17) is 0 Å². The van der Waals surface area contributed by atoms with Gasteiger partial charge in [-0.3, -0.25) is 4.98 Å². The van der Waals surface area contributed by atoms with Crippen LogP contribution in [0.5, 0.6) is 0 Å². The molecule has 0 unspecified atom stereocenters. The van der Waals surface area contributed by atoms with Gasteiger partial charge in [0.05, 0.1) is 11.9 Å². The molecule has 6 heteroatoms. The summed E-state index contributed by atoms with van der Waals surface area (Å²) >= 11 is 0. The normalized spacial score (nSPS) is 15.4. The van der Waals surface area contributed by atoms with Crippen LogP contribution < -0.4 is 10.2 Å². The maximum atomic E-state index is 12.7. The fourth-order valence-corrected chi connectivity index (χ4v) is 2.16. The first-order valence-electron chi connectivity index (χ1n) is 6.97. The van der Waals surface area contributed by atoms with Gasteiger partial charge in [-0.2, -0.15) is 13.2 Å². The van der Waals surface area contributed by atoms with Crippen LogP contribution in [0.4, 0.5) is 18.9 Å². The van der Waals surface area contributed by atoms with Crippen molar-refractivity contribution in [3.05, 3.63) is 24.0 Å². The van der Waals surface area contributed by atoms with E-state index in [1.54, 1.807) is 12.3 Å². The Labute approximate surface area is 117 Å². The molecule has 0 radical (unpaired) electrons. The largest absolute Gasteiger partial charge is 0.405 e. The Kier molecular flexibility index (Phi) is 4.86. The zero-order valence-corrected chi connectivity index (χ0v) is 11.6. The molecule has 20 heavy (non-hydrogen) atoms. The number of nitrogens with zero attached hydrogens (tertiary/aromatic N) is 2. The summed E-state index contributed by atoms with van der Waals surface area (Å²) in [5, 5.41) is 3.34. The predicted molar refractivity (Wildman–Crippen MR) is 72.7 cm³/mol. The molecule has 0 amide bonds. The predicted octanol–water partition coefficient (Wildman–Crippen LogP) is 3.11. The van der Waals surface area contributed by atoms with Crippen LogP contribution in [-0.2, 0) is 6.54 Å². The molecule has 1 aliphatic carbocycles. The summed E-state index contributed by atoms with van der Waals surface area (Å²) < 4.78 is 38.1. The number of nitrogens with one attached hydrogen (secondary N) is 1. The Morgan fingerprint density at radius 1 is 1.40 bits per heavy atom. The smallest absolute Gasteiger partial charge is 0.361 e. The van der Waals surface area contributed by atoms with Crippen molar-refractivity contribution < 1.29 is 13.2 Å². The van der Waals surface area contributed by atoms with E-state index >= 15 is 0 Å². The number of aromatic nitrogens is 1. The number of rotatable bonds is 7. The molecule has 0 spiro atoms. The highest BCUT2D eigenvalue weighted by Crippen LogP contribution is 2.26. The zero-order valence-electron chi connectivity index (χ0n) is 11.6. The third-order valence-corrected chi connectivity index (χ3v) is 3.25. The van der Waals surface area contributed by atoms with Crippen LogP contribution in [0.1, 0.15) is 31.7 Å². The van der Waals surface area contributed by atoms with E-state index in [-0.39, 0.29) is 0 Å². The topological polar surface area (TPSA) is 28.2 Å². The van der Waals surface area contributed by atoms with Gasteiger partial charge >= 0.3 is 6.18 Å². The Bertz CT molecular complexity index is 430. The van der Waals surface area contributed by atoms with Gasteiger partial charge in [0.1, 0.15) is 6.54 Å². The first-order chi connectivity index (χ1) is 9.49. The fourth-order valence-electron chi connectivity index (χ4n) is 2.16. The lowest BCUT2D eigenvalue weighted by molar-refractivity contribution is -0.119. The second-order valence-corrected chi connectivity index (χ2v) is 5.20. The highest BCUT2D eigenvalue weighted by molar-refractivity contribution is 5.51. The summed E-state index contributed by atoms with van der Waals surface area (Å²) in [6, 6.07) is 2.32. The molecule has 0 saturated heterocycles. The fraction of sp³-hybridized carbons (Fsp3) is 0.643. The summed E-state index contributed by atoms with van der Waals surface area (Å²) in [6.07, 6.45) is 1.94. The molecule has 0 bridgehead atoms. The molecular weight excluding hydrogens is 267 g/mol. The van der Waals surface area contributed by atoms with Gasteiger partial charge in [0, 0.05) is 25.3 Å². The molecule has 1 N–H and O–H groups in total. The highest BCUT2D eigenvalue weighted by atomic mass is 19.4. The van der Waals surface area contributed by atoms with E-state index in [1.165, 1.54) is 11.1 Å². The Balaban J connectivity index is 2.12. The summed E-state index contributed by atoms with van der Waals surface area (Å²) in [5.41, 5.74) is 1.46. The molecule has 0 aromatic carbocycles. The van der Waals surface area contributed by atoms with Gasteiger partial charge in [0.25, 0.3) is 0 Å². The lowest BCUT2D eigenvalue weighted by Crippen LogP contribution is -2.36. The average molecular weight is 287 g/mol. The quantitative estimate of drug-likeness (QED) is 0.835. The monoisotopic (exact) mass is 287 g/mol. The van der Waals surface area contributed by atoms with Crippen LogP contribution in [0.15, 0.2) is 18.5 Å². The Hall–Kier alpha value is -1.30. The van der Waals surface area contributed by atoms with Gasteiger partial charge in [-0.1, -0.05) is 6.92 Å². The molecular formula is C14H20F3N3. The third kappa shape index (κ3) is 4.67. The van der Waals surface area contributed by atoms with Crippen LogP contribution in [0, 0.1) is 0 Å². The van der Waals surface area contributed by atoms with Gasteiger partial charge in [-0.25, -0.2) is 0 Å². The summed E-state index contributed by atoms with van der Waals surface area (Å²) in [6.45, 7) is 1.92. The molecule has 1 aromatic rings. The minimum Gasteiger partial charge on any atom is -0.361 e. The minimum atomic E-state index is -4.20. The van der Waals surface area contributed by atoms with Crippen LogP contribution >= 0.6 is 0 Å². The van der Waals surface area contributed by atoms with Crippen molar-refractivity contribution in [2.45, 2.75) is 44.9 Å². The summed E-state index contributed by atoms with van der Waals surface area (Å²) in [4.78, 5) is 5.36. The molecule has 1 aromatic heterocycles. The first-order valence-corrected chi connectivity index (χ1v) is 6.97. The lowest BCUT2D eigenvalue weighted by Gasteiger charge is -2.27. The van der Waals surface area contributed by atoms with Crippen LogP contribution in [-0.4, -0.2) is 30.3 Å². The zero-order chi connectivity index (χ0) is 14.6. The Morgan fingerprint density at radius 3 is 2.75 bits per heavy atom. The molecule has 1 fully saturated rings. The maximum Gasteiger partial charge on any atom is 0.405 e. The SMILES string of the molecule is CCCN(CC(F)(F)F)c1cnccc1CNC1CC1. The lowest BCUT2D eigenvalue weighted by atomic mass is 10.2. The van der Waals surface area contributed by atoms with Crippen molar-refractivity contribution in [3.8, 4) is 0 Å². The van der Waals surface area contributed by atoms with Crippen LogP contribution in [0.25, 0.3) is 0 Å². The van der Waals surface area contributed by atoms with E-state index in [0.29, 0.717) is 31.2 Å². The maximum absolute atomic E-state index is 12.7. The van der Waals surface area contributed by atoms with Gasteiger partial charge < -0.3 is 10.2 Å². The standard InChI is InChI=1S/C14H20F3N3/c1-2-7-20(10-14(15,16)17)13-9-18-6-5-11(13)8-19-12-3-4-12/h5-6,9,12,19H,2-4,7-8,10H2,1H3. The highest BCUT2D eigenvalue weighted by Gasteiger charge is 2.31. The number of hydrogen-bond donors (Lipinski definition) is 1. The van der Waals surface area contributed by atoms with Crippen molar-refractivity contribution in [1.29, 1.82) is 0 Å². The van der Waals surface area contributed by atoms with E-state index < -0.39 is 12.7 Å². The Morgan fingerprint density at radius 2 is 2.15 bits per heavy atom. The second-order valence-electron chi connectivity index (χ2n) is 5.20. The number of halogens is 3. The van der Waals surface area contributed by atoms with E-state index in [1.807, 2.05) is 6.92 Å². The first kappa shape index (κ1) is 15.1. The van der Waals surface area contributed by atoms with Gasteiger partial charge in [0.2, 0.25) is 0 Å². The second kappa shape index (κ2) is 6.43. The molecule has 0 aliphatic heterocycles.